The number of hydrogen-bond donors (Lipinski definition) is 5. The van der Waals surface area contributed by atoms with Gasteiger partial charge in [-0.05, 0) is 60.2 Å². The lowest BCUT2D eigenvalue weighted by Crippen LogP contribution is -2.26. The number of benzene rings is 2. The van der Waals surface area contributed by atoms with Crippen molar-refractivity contribution in [3.05, 3.63) is 76.1 Å². The van der Waals surface area contributed by atoms with E-state index in [0.717, 1.165) is 33.2 Å². The molecule has 0 unspecified atom stereocenters. The Morgan fingerprint density at radius 3 is 2.58 bits per heavy atom. The average molecular weight is 652 g/mol. The summed E-state index contributed by atoms with van der Waals surface area (Å²) in [7, 11) is 4.67. The molecule has 248 valence electrons. The van der Waals surface area contributed by atoms with Gasteiger partial charge in [0.1, 0.15) is 0 Å². The number of rotatable bonds is 11. The van der Waals surface area contributed by atoms with Gasteiger partial charge in [-0.15, -0.1) is 5.10 Å². The number of fused-ring (bicyclic) bond motifs is 4. The topological polar surface area (TPSA) is 172 Å². The highest BCUT2D eigenvalue weighted by atomic mass is 16.5. The van der Waals surface area contributed by atoms with Crippen LogP contribution in [0.2, 0.25) is 0 Å². The quantitative estimate of drug-likeness (QED) is 0.124. The Kier molecular flexibility index (Phi) is 9.28. The number of ether oxygens (including phenoxy) is 3. The van der Waals surface area contributed by atoms with E-state index in [1.165, 1.54) is 6.92 Å². The third kappa shape index (κ3) is 6.39. The van der Waals surface area contributed by atoms with Crippen LogP contribution < -0.4 is 35.6 Å². The normalized spacial score (nSPS) is 13.5. The largest absolute Gasteiger partial charge is 0.493 e. The predicted molar refractivity (Wildman–Crippen MR) is 183 cm³/mol. The van der Waals surface area contributed by atoms with Crippen molar-refractivity contribution in [3.63, 3.8) is 0 Å². The van der Waals surface area contributed by atoms with E-state index in [1.807, 2.05) is 42.6 Å². The molecule has 0 bridgehead atoms. The summed E-state index contributed by atoms with van der Waals surface area (Å²) >= 11 is 0. The Morgan fingerprint density at radius 1 is 1.00 bits per heavy atom. The Labute approximate surface area is 276 Å². The molecular weight excluding hydrogens is 614 g/mol. The number of aryl methyl sites for hydroxylation is 1. The van der Waals surface area contributed by atoms with E-state index in [2.05, 4.69) is 36.1 Å². The van der Waals surface area contributed by atoms with Crippen LogP contribution in [0.4, 0.5) is 11.6 Å². The molecule has 6 rings (SSSR count). The molecule has 13 nitrogen and oxygen atoms in total. The fourth-order valence-corrected chi connectivity index (χ4v) is 6.22. The van der Waals surface area contributed by atoms with Crippen molar-refractivity contribution in [1.29, 1.82) is 0 Å². The van der Waals surface area contributed by atoms with Crippen molar-refractivity contribution in [2.24, 2.45) is 0 Å². The summed E-state index contributed by atoms with van der Waals surface area (Å²) in [5.41, 5.74) is 5.08. The molecule has 3 aromatic carbocycles. The first kappa shape index (κ1) is 32.1. The molecule has 2 amide bonds. The van der Waals surface area contributed by atoms with Crippen molar-refractivity contribution in [3.8, 4) is 39.8 Å². The molecule has 0 fully saturated rings. The van der Waals surface area contributed by atoms with Gasteiger partial charge < -0.3 is 29.8 Å². The zero-order valence-electron chi connectivity index (χ0n) is 27.2. The van der Waals surface area contributed by atoms with Crippen LogP contribution >= 0.6 is 0 Å². The van der Waals surface area contributed by atoms with Crippen molar-refractivity contribution in [1.82, 2.24) is 25.5 Å². The summed E-state index contributed by atoms with van der Waals surface area (Å²) in [6, 6.07) is 14.5. The Hall–Kier alpha value is -5.85. The van der Waals surface area contributed by atoms with Gasteiger partial charge in [0, 0.05) is 48.1 Å². The van der Waals surface area contributed by atoms with Gasteiger partial charge in [0.15, 0.2) is 17.3 Å². The molecule has 0 saturated carbocycles. The van der Waals surface area contributed by atoms with Crippen molar-refractivity contribution in [2.75, 3.05) is 38.5 Å². The van der Waals surface area contributed by atoms with Crippen molar-refractivity contribution >= 4 is 34.4 Å². The highest BCUT2D eigenvalue weighted by Crippen LogP contribution is 2.50. The van der Waals surface area contributed by atoms with Crippen LogP contribution in [0, 0.1) is 0 Å². The summed E-state index contributed by atoms with van der Waals surface area (Å²) in [4.78, 5) is 46.0. The number of anilines is 2. The molecule has 1 aliphatic carbocycles. The smallest absolute Gasteiger partial charge is 0.249 e. The molecule has 5 aromatic rings. The molecule has 0 radical (unpaired) electrons. The van der Waals surface area contributed by atoms with Crippen LogP contribution in [0.25, 0.3) is 33.4 Å². The average Bonchev–Trinajstić information content (AvgIpc) is 3.65. The predicted octanol–water partition coefficient (Wildman–Crippen LogP) is 4.96. The lowest BCUT2D eigenvalue weighted by atomic mass is 9.95. The van der Waals surface area contributed by atoms with E-state index in [4.69, 9.17) is 14.2 Å². The summed E-state index contributed by atoms with van der Waals surface area (Å²) in [6.07, 6.45) is 3.65. The van der Waals surface area contributed by atoms with Crippen LogP contribution in [0.3, 0.4) is 0 Å². The van der Waals surface area contributed by atoms with Gasteiger partial charge in [0.2, 0.25) is 28.9 Å². The minimum Gasteiger partial charge on any atom is -0.493 e. The second-order valence-corrected chi connectivity index (χ2v) is 11.4. The number of nitrogens with zero attached hydrogens (tertiary/aromatic N) is 2. The Bertz CT molecular complexity index is 2050. The number of H-pyrrole nitrogens is 2. The summed E-state index contributed by atoms with van der Waals surface area (Å²) in [6.45, 7) is 1.82. The highest BCUT2D eigenvalue weighted by Gasteiger charge is 2.29. The molecule has 48 heavy (non-hydrogen) atoms. The van der Waals surface area contributed by atoms with Gasteiger partial charge in [-0.3, -0.25) is 24.8 Å². The molecule has 0 aliphatic heterocycles. The molecule has 1 atom stereocenters. The molecule has 5 N–H and O–H groups in total. The maximum absolute atomic E-state index is 13.5. The van der Waals surface area contributed by atoms with Gasteiger partial charge in [0.25, 0.3) is 0 Å². The minimum absolute atomic E-state index is 0.185. The Morgan fingerprint density at radius 2 is 1.81 bits per heavy atom. The molecule has 1 aliphatic rings. The van der Waals surface area contributed by atoms with Crippen LogP contribution in [-0.2, 0) is 16.0 Å². The summed E-state index contributed by atoms with van der Waals surface area (Å²) < 4.78 is 17.1. The van der Waals surface area contributed by atoms with Crippen LogP contribution in [-0.4, -0.2) is 59.9 Å². The highest BCUT2D eigenvalue weighted by molar-refractivity contribution is 5.94. The maximum atomic E-state index is 13.5. The van der Waals surface area contributed by atoms with E-state index in [0.29, 0.717) is 60.1 Å². The number of carbonyl (C=O) groups is 2. The molecule has 0 spiro atoms. The van der Waals surface area contributed by atoms with Crippen LogP contribution in [0.15, 0.2) is 59.5 Å². The monoisotopic (exact) mass is 651 g/mol. The SMILES string of the molecule is COc1cc2c(c(OC)c1OC)-c1ccc(NCCCC(=O)Nc3n[nH]c(-c4c[nH]c5ccccc45)n3)c(=O)cc1[C@@H](NC(C)=O)CC2. The molecular formula is C35H37N7O6. The van der Waals surface area contributed by atoms with Gasteiger partial charge in [0.05, 0.1) is 33.1 Å². The number of aromatic amines is 2. The maximum Gasteiger partial charge on any atom is 0.249 e. The number of carbonyl (C=O) groups excluding carboxylic acids is 2. The molecule has 2 aromatic heterocycles. The Balaban J connectivity index is 1.18. The van der Waals surface area contributed by atoms with Crippen LogP contribution in [0.1, 0.15) is 43.4 Å². The number of para-hydroxylation sites is 1. The lowest BCUT2D eigenvalue weighted by molar-refractivity contribution is -0.119. The van der Waals surface area contributed by atoms with E-state index >= 15 is 0 Å². The number of aromatic nitrogens is 4. The van der Waals surface area contributed by atoms with Gasteiger partial charge >= 0.3 is 0 Å². The third-order valence-electron chi connectivity index (χ3n) is 8.39. The number of nitrogens with one attached hydrogen (secondary N) is 5. The third-order valence-corrected chi connectivity index (χ3v) is 8.39. The first-order chi connectivity index (χ1) is 23.3. The van der Waals surface area contributed by atoms with E-state index in [1.54, 1.807) is 33.5 Å². The van der Waals surface area contributed by atoms with Crippen molar-refractivity contribution in [2.45, 2.75) is 38.6 Å². The zero-order chi connectivity index (χ0) is 33.8. The van der Waals surface area contributed by atoms with Crippen molar-refractivity contribution < 1.29 is 23.8 Å². The van der Waals surface area contributed by atoms with E-state index in [-0.39, 0.29) is 29.6 Å². The number of hydrogen-bond acceptors (Lipinski definition) is 9. The lowest BCUT2D eigenvalue weighted by Gasteiger charge is -2.19. The van der Waals surface area contributed by atoms with Gasteiger partial charge in [-0.2, -0.15) is 4.98 Å². The number of amides is 2. The van der Waals surface area contributed by atoms with E-state index < -0.39 is 6.04 Å². The zero-order valence-corrected chi connectivity index (χ0v) is 27.2. The first-order valence-electron chi connectivity index (χ1n) is 15.6. The fourth-order valence-electron chi connectivity index (χ4n) is 6.22. The fraction of sp³-hybridized carbons (Fsp3) is 0.286. The van der Waals surface area contributed by atoms with Gasteiger partial charge in [-0.1, -0.05) is 24.3 Å². The molecule has 13 heteroatoms. The second-order valence-electron chi connectivity index (χ2n) is 11.4. The second kappa shape index (κ2) is 13.9. The van der Waals surface area contributed by atoms with Gasteiger partial charge in [-0.25, -0.2) is 0 Å². The summed E-state index contributed by atoms with van der Waals surface area (Å²) in [5, 5.41) is 16.9. The number of methoxy groups -OCH3 is 3. The van der Waals surface area contributed by atoms with E-state index in [9.17, 15) is 14.4 Å². The van der Waals surface area contributed by atoms with Crippen LogP contribution in [0.5, 0.6) is 17.2 Å². The summed E-state index contributed by atoms with van der Waals surface area (Å²) in [5.74, 6) is 1.73. The first-order valence-corrected chi connectivity index (χ1v) is 15.6. The standard InChI is InChI=1S/C35H37N7O6/c1-19(43)38-26-13-11-20-16-29(46-2)32(47-3)33(48-4)31(20)22-12-14-27(28(44)17-23(22)26)36-15-7-10-30(45)39-35-40-34(41-42-35)24-18-37-25-9-6-5-8-21(24)25/h5-6,8-9,12,14,16-18,26,37H,7,10-11,13,15H2,1-4H3,(H,36,44)(H,38,43)(H2,39,40,41,42,45)/t26-/m0/s1. The molecule has 2 heterocycles. The minimum atomic E-state index is -0.407. The molecule has 0 saturated heterocycles.